The summed E-state index contributed by atoms with van der Waals surface area (Å²) < 4.78 is 0. The number of nitrogens with one attached hydrogen (secondary N) is 1. The van der Waals surface area contributed by atoms with E-state index in [2.05, 4.69) is 24.1 Å². The molecule has 1 atom stereocenters. The maximum Gasteiger partial charge on any atom is 0.241 e. The van der Waals surface area contributed by atoms with E-state index < -0.39 is 0 Å². The molecule has 1 aromatic rings. The number of likely N-dealkylation sites (N-methyl/N-ethyl adjacent to an activating group) is 1. The Morgan fingerprint density at radius 3 is 2.47 bits per heavy atom. The zero-order valence-electron chi connectivity index (χ0n) is 11.7. The highest BCUT2D eigenvalue weighted by Gasteiger charge is 2.22. The second-order valence-corrected chi connectivity index (χ2v) is 4.78. The molecule has 0 aliphatic carbocycles. The summed E-state index contributed by atoms with van der Waals surface area (Å²) in [7, 11) is 0. The number of carbonyl (C=O) groups is 1. The zero-order chi connectivity index (χ0) is 14.4. The van der Waals surface area contributed by atoms with Crippen molar-refractivity contribution in [2.75, 3.05) is 24.1 Å². The molecule has 1 rings (SSSR count). The lowest BCUT2D eigenvalue weighted by Crippen LogP contribution is -2.43. The molecular weight excluding hydrogens is 262 g/mol. The number of nitrogen functional groups attached to an aromatic ring is 1. The first-order chi connectivity index (χ1) is 9.03. The van der Waals surface area contributed by atoms with Gasteiger partial charge >= 0.3 is 0 Å². The minimum absolute atomic E-state index is 0.0297. The Balaban J connectivity index is 2.82. The highest BCUT2D eigenvalue weighted by Crippen LogP contribution is 2.24. The lowest BCUT2D eigenvalue weighted by atomic mass is 10.1. The molecule has 0 spiro atoms. The number of rotatable bonds is 6. The van der Waals surface area contributed by atoms with Crippen LogP contribution < -0.4 is 11.1 Å². The van der Waals surface area contributed by atoms with Gasteiger partial charge in [-0.25, -0.2) is 0 Å². The molecule has 0 saturated carbocycles. The van der Waals surface area contributed by atoms with Crippen LogP contribution in [0.3, 0.4) is 0 Å². The maximum absolute atomic E-state index is 12.3. The monoisotopic (exact) mass is 283 g/mol. The van der Waals surface area contributed by atoms with Crippen LogP contribution in [-0.4, -0.2) is 29.9 Å². The summed E-state index contributed by atoms with van der Waals surface area (Å²) in [6.45, 7) is 7.80. The van der Waals surface area contributed by atoms with Gasteiger partial charge in [0, 0.05) is 5.69 Å². The lowest BCUT2D eigenvalue weighted by molar-refractivity contribution is -0.121. The van der Waals surface area contributed by atoms with E-state index in [1.165, 1.54) is 0 Å². The maximum atomic E-state index is 12.3. The van der Waals surface area contributed by atoms with Gasteiger partial charge in [-0.3, -0.25) is 9.69 Å². The first kappa shape index (κ1) is 15.8. The Hall–Kier alpha value is -1.26. The average molecular weight is 284 g/mol. The molecular formula is C14H22ClN3O. The molecule has 1 aromatic carbocycles. The van der Waals surface area contributed by atoms with Crippen LogP contribution in [0.1, 0.15) is 27.2 Å². The zero-order valence-corrected chi connectivity index (χ0v) is 12.5. The van der Waals surface area contributed by atoms with Crippen LogP contribution in [0.5, 0.6) is 0 Å². The summed E-state index contributed by atoms with van der Waals surface area (Å²) in [6, 6.07) is 4.95. The Bertz CT molecular complexity index is 433. The van der Waals surface area contributed by atoms with Gasteiger partial charge < -0.3 is 11.1 Å². The number of nitrogens with zero attached hydrogens (tertiary/aromatic N) is 1. The van der Waals surface area contributed by atoms with Crippen LogP contribution in [-0.2, 0) is 4.79 Å². The summed E-state index contributed by atoms with van der Waals surface area (Å²) in [6.07, 6.45) is 0.764. The van der Waals surface area contributed by atoms with E-state index in [1.54, 1.807) is 18.2 Å². The molecule has 0 saturated heterocycles. The molecule has 4 nitrogen and oxygen atoms in total. The Labute approximate surface area is 119 Å². The van der Waals surface area contributed by atoms with Crippen molar-refractivity contribution in [3.63, 3.8) is 0 Å². The highest BCUT2D eigenvalue weighted by atomic mass is 35.5. The van der Waals surface area contributed by atoms with E-state index in [1.807, 2.05) is 6.92 Å². The van der Waals surface area contributed by atoms with Crippen LogP contribution >= 0.6 is 11.6 Å². The molecule has 0 heterocycles. The predicted molar refractivity (Wildman–Crippen MR) is 81.5 cm³/mol. The van der Waals surface area contributed by atoms with Gasteiger partial charge in [0.2, 0.25) is 5.91 Å². The van der Waals surface area contributed by atoms with E-state index >= 15 is 0 Å². The number of carbonyl (C=O) groups excluding carboxylic acids is 1. The van der Waals surface area contributed by atoms with Crippen molar-refractivity contribution in [1.29, 1.82) is 0 Å². The number of hydrogen-bond acceptors (Lipinski definition) is 3. The molecule has 0 aliphatic rings. The summed E-state index contributed by atoms with van der Waals surface area (Å²) in [5, 5.41) is 3.33. The standard InChI is InChI=1S/C14H22ClN3O/c1-4-13(18(5-2)6-3)14(19)17-12-8-7-10(16)9-11(12)15/h7-9,13H,4-6,16H2,1-3H3,(H,17,19). The van der Waals surface area contributed by atoms with Gasteiger partial charge in [-0.2, -0.15) is 0 Å². The highest BCUT2D eigenvalue weighted by molar-refractivity contribution is 6.34. The number of anilines is 2. The van der Waals surface area contributed by atoms with Crippen molar-refractivity contribution in [1.82, 2.24) is 4.90 Å². The fourth-order valence-corrected chi connectivity index (χ4v) is 2.36. The number of hydrogen-bond donors (Lipinski definition) is 2. The molecule has 1 unspecified atom stereocenters. The van der Waals surface area contributed by atoms with Gasteiger partial charge in [0.25, 0.3) is 0 Å². The van der Waals surface area contributed by atoms with Crippen LogP contribution in [0.2, 0.25) is 5.02 Å². The topological polar surface area (TPSA) is 58.4 Å². The predicted octanol–water partition coefficient (Wildman–Crippen LogP) is 2.98. The van der Waals surface area contributed by atoms with Gasteiger partial charge in [0.05, 0.1) is 16.8 Å². The number of amides is 1. The first-order valence-corrected chi connectivity index (χ1v) is 7.01. The third kappa shape index (κ3) is 4.11. The van der Waals surface area contributed by atoms with E-state index in [9.17, 15) is 4.79 Å². The third-order valence-corrected chi connectivity index (χ3v) is 3.51. The summed E-state index contributed by atoms with van der Waals surface area (Å²) >= 11 is 6.06. The lowest BCUT2D eigenvalue weighted by Gasteiger charge is -2.27. The largest absolute Gasteiger partial charge is 0.399 e. The Morgan fingerprint density at radius 2 is 2.00 bits per heavy atom. The molecule has 19 heavy (non-hydrogen) atoms. The molecule has 106 valence electrons. The number of benzene rings is 1. The Kier molecular flexibility index (Phi) is 6.12. The SMILES string of the molecule is CCC(C(=O)Nc1ccc(N)cc1Cl)N(CC)CC. The molecule has 5 heteroatoms. The fourth-order valence-electron chi connectivity index (χ4n) is 2.12. The Morgan fingerprint density at radius 1 is 1.37 bits per heavy atom. The first-order valence-electron chi connectivity index (χ1n) is 6.63. The molecule has 0 radical (unpaired) electrons. The molecule has 0 aromatic heterocycles. The van der Waals surface area contributed by atoms with Crippen molar-refractivity contribution < 1.29 is 4.79 Å². The second kappa shape index (κ2) is 7.36. The average Bonchev–Trinajstić information content (AvgIpc) is 2.38. The van der Waals surface area contributed by atoms with Gasteiger partial charge in [-0.15, -0.1) is 0 Å². The molecule has 1 amide bonds. The molecule has 3 N–H and O–H groups in total. The minimum Gasteiger partial charge on any atom is -0.399 e. The van der Waals surface area contributed by atoms with E-state index in [0.717, 1.165) is 19.5 Å². The molecule has 0 aliphatic heterocycles. The van der Waals surface area contributed by atoms with Crippen molar-refractivity contribution in [2.45, 2.75) is 33.2 Å². The molecule has 0 bridgehead atoms. The quantitative estimate of drug-likeness (QED) is 0.789. The molecule has 0 fully saturated rings. The van der Waals surface area contributed by atoms with Crippen LogP contribution in [0.4, 0.5) is 11.4 Å². The van der Waals surface area contributed by atoms with E-state index in [4.69, 9.17) is 17.3 Å². The van der Waals surface area contributed by atoms with Crippen molar-refractivity contribution in [3.05, 3.63) is 23.2 Å². The van der Waals surface area contributed by atoms with Gasteiger partial charge in [0.15, 0.2) is 0 Å². The second-order valence-electron chi connectivity index (χ2n) is 4.37. The van der Waals surface area contributed by atoms with E-state index in [0.29, 0.717) is 16.4 Å². The van der Waals surface area contributed by atoms with Gasteiger partial charge in [-0.1, -0.05) is 32.4 Å². The number of halogens is 1. The summed E-state index contributed by atoms with van der Waals surface area (Å²) in [5.41, 5.74) is 6.82. The number of nitrogens with two attached hydrogens (primary N) is 1. The van der Waals surface area contributed by atoms with Crippen molar-refractivity contribution in [2.24, 2.45) is 0 Å². The summed E-state index contributed by atoms with van der Waals surface area (Å²) in [4.78, 5) is 14.4. The van der Waals surface area contributed by atoms with E-state index in [-0.39, 0.29) is 11.9 Å². The van der Waals surface area contributed by atoms with Crippen LogP contribution in [0.25, 0.3) is 0 Å². The van der Waals surface area contributed by atoms with Crippen LogP contribution in [0, 0.1) is 0 Å². The van der Waals surface area contributed by atoms with Gasteiger partial charge in [0.1, 0.15) is 0 Å². The van der Waals surface area contributed by atoms with Crippen LogP contribution in [0.15, 0.2) is 18.2 Å². The normalized spacial score (nSPS) is 12.5. The minimum atomic E-state index is -0.136. The van der Waals surface area contributed by atoms with Crippen molar-refractivity contribution in [3.8, 4) is 0 Å². The summed E-state index contributed by atoms with van der Waals surface area (Å²) in [5.74, 6) is -0.0297. The fraction of sp³-hybridized carbons (Fsp3) is 0.500. The third-order valence-electron chi connectivity index (χ3n) is 3.19. The van der Waals surface area contributed by atoms with Gasteiger partial charge in [-0.05, 0) is 37.7 Å². The van der Waals surface area contributed by atoms with Crippen molar-refractivity contribution >= 4 is 28.9 Å². The smallest absolute Gasteiger partial charge is 0.241 e.